The average molecular weight is 185 g/mol. The van der Waals surface area contributed by atoms with E-state index in [0.717, 1.165) is 12.8 Å². The van der Waals surface area contributed by atoms with Crippen molar-refractivity contribution in [3.05, 3.63) is 0 Å². The van der Waals surface area contributed by atoms with Gasteiger partial charge >= 0.3 is 5.97 Å². The second-order valence-electron chi connectivity index (χ2n) is 4.11. The molecule has 1 fully saturated rings. The van der Waals surface area contributed by atoms with Crippen molar-refractivity contribution in [3.63, 3.8) is 0 Å². The van der Waals surface area contributed by atoms with E-state index in [9.17, 15) is 4.79 Å². The molecule has 0 aliphatic heterocycles. The standard InChI is InChI=1S/C10H19NO2/c1-7(2)9(11)10(12)13-8-5-3-4-6-8/h7-9H,3-6,11H2,1-2H3. The van der Waals surface area contributed by atoms with Gasteiger partial charge in [-0.25, -0.2) is 0 Å². The topological polar surface area (TPSA) is 52.3 Å². The summed E-state index contributed by atoms with van der Waals surface area (Å²) in [7, 11) is 0. The van der Waals surface area contributed by atoms with Crippen molar-refractivity contribution < 1.29 is 9.53 Å². The van der Waals surface area contributed by atoms with E-state index in [1.165, 1.54) is 12.8 Å². The van der Waals surface area contributed by atoms with Gasteiger partial charge in [-0.2, -0.15) is 0 Å². The fourth-order valence-corrected chi connectivity index (χ4v) is 1.52. The first kappa shape index (κ1) is 10.5. The van der Waals surface area contributed by atoms with Crippen LogP contribution in [0.1, 0.15) is 39.5 Å². The van der Waals surface area contributed by atoms with Crippen LogP contribution in [-0.2, 0) is 9.53 Å². The van der Waals surface area contributed by atoms with E-state index in [-0.39, 0.29) is 18.0 Å². The number of ether oxygens (including phenoxy) is 1. The van der Waals surface area contributed by atoms with Crippen molar-refractivity contribution in [2.45, 2.75) is 51.7 Å². The zero-order valence-electron chi connectivity index (χ0n) is 8.45. The van der Waals surface area contributed by atoms with Gasteiger partial charge in [0.05, 0.1) is 0 Å². The van der Waals surface area contributed by atoms with Gasteiger partial charge < -0.3 is 10.5 Å². The lowest BCUT2D eigenvalue weighted by molar-refractivity contribution is -0.151. The lowest BCUT2D eigenvalue weighted by Crippen LogP contribution is -2.38. The van der Waals surface area contributed by atoms with E-state index in [0.29, 0.717) is 0 Å². The molecule has 1 saturated carbocycles. The van der Waals surface area contributed by atoms with Gasteiger partial charge in [-0.3, -0.25) is 4.79 Å². The Morgan fingerprint density at radius 2 is 1.92 bits per heavy atom. The van der Waals surface area contributed by atoms with Crippen LogP contribution in [-0.4, -0.2) is 18.1 Å². The van der Waals surface area contributed by atoms with E-state index in [1.54, 1.807) is 0 Å². The minimum absolute atomic E-state index is 0.136. The van der Waals surface area contributed by atoms with Crippen LogP contribution in [0.4, 0.5) is 0 Å². The van der Waals surface area contributed by atoms with E-state index in [4.69, 9.17) is 10.5 Å². The zero-order chi connectivity index (χ0) is 9.84. The minimum atomic E-state index is -0.458. The van der Waals surface area contributed by atoms with Gasteiger partial charge in [0, 0.05) is 0 Å². The molecule has 76 valence electrons. The minimum Gasteiger partial charge on any atom is -0.461 e. The van der Waals surface area contributed by atoms with E-state index < -0.39 is 6.04 Å². The van der Waals surface area contributed by atoms with E-state index in [1.807, 2.05) is 13.8 Å². The third kappa shape index (κ3) is 2.99. The van der Waals surface area contributed by atoms with Crippen LogP contribution in [0.2, 0.25) is 0 Å². The second-order valence-corrected chi connectivity index (χ2v) is 4.11. The Morgan fingerprint density at radius 3 is 2.38 bits per heavy atom. The highest BCUT2D eigenvalue weighted by Crippen LogP contribution is 2.21. The highest BCUT2D eigenvalue weighted by Gasteiger charge is 2.24. The molecule has 0 aromatic rings. The molecular weight excluding hydrogens is 166 g/mol. The molecule has 1 unspecified atom stereocenters. The molecule has 0 radical (unpaired) electrons. The Kier molecular flexibility index (Phi) is 3.72. The molecule has 0 aromatic heterocycles. The first-order valence-corrected chi connectivity index (χ1v) is 5.07. The van der Waals surface area contributed by atoms with Crippen LogP contribution < -0.4 is 5.73 Å². The first-order valence-electron chi connectivity index (χ1n) is 5.07. The van der Waals surface area contributed by atoms with Crippen LogP contribution in [0.5, 0.6) is 0 Å². The van der Waals surface area contributed by atoms with Crippen LogP contribution in [0.3, 0.4) is 0 Å². The smallest absolute Gasteiger partial charge is 0.323 e. The molecule has 0 amide bonds. The van der Waals surface area contributed by atoms with Crippen LogP contribution in [0.15, 0.2) is 0 Å². The summed E-state index contributed by atoms with van der Waals surface area (Å²) in [5.74, 6) is -0.0733. The largest absolute Gasteiger partial charge is 0.461 e. The number of carbonyl (C=O) groups is 1. The predicted octanol–water partition coefficient (Wildman–Crippen LogP) is 1.46. The summed E-state index contributed by atoms with van der Waals surface area (Å²) in [6.07, 6.45) is 4.51. The number of esters is 1. The van der Waals surface area contributed by atoms with Gasteiger partial charge in [0.15, 0.2) is 0 Å². The average Bonchev–Trinajstić information content (AvgIpc) is 2.55. The maximum Gasteiger partial charge on any atom is 0.323 e. The van der Waals surface area contributed by atoms with Gasteiger partial charge in [-0.05, 0) is 31.6 Å². The molecule has 0 heterocycles. The van der Waals surface area contributed by atoms with Gasteiger partial charge in [0.1, 0.15) is 12.1 Å². The summed E-state index contributed by atoms with van der Waals surface area (Å²) < 4.78 is 5.27. The number of nitrogens with two attached hydrogens (primary N) is 1. The Hall–Kier alpha value is -0.570. The van der Waals surface area contributed by atoms with Crippen LogP contribution in [0, 0.1) is 5.92 Å². The maximum absolute atomic E-state index is 11.4. The molecular formula is C10H19NO2. The molecule has 1 rings (SSSR count). The van der Waals surface area contributed by atoms with E-state index in [2.05, 4.69) is 0 Å². The highest BCUT2D eigenvalue weighted by atomic mass is 16.5. The molecule has 13 heavy (non-hydrogen) atoms. The maximum atomic E-state index is 11.4. The first-order chi connectivity index (χ1) is 6.11. The molecule has 0 saturated heterocycles. The SMILES string of the molecule is CC(C)C(N)C(=O)OC1CCCC1. The van der Waals surface area contributed by atoms with Crippen molar-refractivity contribution in [2.24, 2.45) is 11.7 Å². The van der Waals surface area contributed by atoms with Gasteiger partial charge in [-0.15, -0.1) is 0 Å². The molecule has 0 bridgehead atoms. The lowest BCUT2D eigenvalue weighted by Gasteiger charge is -2.17. The molecule has 0 aromatic carbocycles. The lowest BCUT2D eigenvalue weighted by atomic mass is 10.1. The Labute approximate surface area is 79.6 Å². The normalized spacial score (nSPS) is 20.6. The number of carbonyl (C=O) groups excluding carboxylic acids is 1. The summed E-state index contributed by atoms with van der Waals surface area (Å²) in [5.41, 5.74) is 5.66. The van der Waals surface area contributed by atoms with Crippen molar-refractivity contribution in [2.75, 3.05) is 0 Å². The quantitative estimate of drug-likeness (QED) is 0.677. The van der Waals surface area contributed by atoms with E-state index >= 15 is 0 Å². The second kappa shape index (κ2) is 4.61. The number of rotatable bonds is 3. The summed E-state index contributed by atoms with van der Waals surface area (Å²) >= 11 is 0. The molecule has 2 N–H and O–H groups in total. The Balaban J connectivity index is 2.31. The number of hydrogen-bond acceptors (Lipinski definition) is 3. The van der Waals surface area contributed by atoms with Gasteiger partial charge in [0.2, 0.25) is 0 Å². The Morgan fingerprint density at radius 1 is 1.38 bits per heavy atom. The van der Waals surface area contributed by atoms with Crippen molar-refractivity contribution in [1.82, 2.24) is 0 Å². The van der Waals surface area contributed by atoms with Crippen LogP contribution >= 0.6 is 0 Å². The molecule has 1 atom stereocenters. The van der Waals surface area contributed by atoms with Gasteiger partial charge in [0.25, 0.3) is 0 Å². The molecule has 3 nitrogen and oxygen atoms in total. The summed E-state index contributed by atoms with van der Waals surface area (Å²) in [6.45, 7) is 3.86. The van der Waals surface area contributed by atoms with Crippen molar-refractivity contribution in [3.8, 4) is 0 Å². The molecule has 0 spiro atoms. The third-order valence-electron chi connectivity index (χ3n) is 2.58. The summed E-state index contributed by atoms with van der Waals surface area (Å²) in [4.78, 5) is 11.4. The van der Waals surface area contributed by atoms with Gasteiger partial charge in [-0.1, -0.05) is 13.8 Å². The fraction of sp³-hybridized carbons (Fsp3) is 0.900. The summed E-state index contributed by atoms with van der Waals surface area (Å²) in [5, 5.41) is 0. The molecule has 3 heteroatoms. The molecule has 1 aliphatic rings. The fourth-order valence-electron chi connectivity index (χ4n) is 1.52. The Bertz CT molecular complexity index is 174. The summed E-state index contributed by atoms with van der Waals surface area (Å²) in [6, 6.07) is -0.458. The molecule has 1 aliphatic carbocycles. The van der Waals surface area contributed by atoms with Crippen molar-refractivity contribution in [1.29, 1.82) is 0 Å². The predicted molar refractivity (Wildman–Crippen MR) is 51.2 cm³/mol. The monoisotopic (exact) mass is 185 g/mol. The zero-order valence-corrected chi connectivity index (χ0v) is 8.45. The number of hydrogen-bond donors (Lipinski definition) is 1. The highest BCUT2D eigenvalue weighted by molar-refractivity contribution is 5.75. The third-order valence-corrected chi connectivity index (χ3v) is 2.58. The van der Waals surface area contributed by atoms with Crippen LogP contribution in [0.25, 0.3) is 0 Å². The van der Waals surface area contributed by atoms with Crippen molar-refractivity contribution >= 4 is 5.97 Å².